The molecule has 0 saturated heterocycles. The monoisotopic (exact) mass is 319 g/mol. The Hall–Kier alpha value is -0.900. The molecule has 118 valence electrons. The van der Waals surface area contributed by atoms with Crippen LogP contribution >= 0.6 is 11.6 Å². The van der Waals surface area contributed by atoms with Crippen LogP contribution in [0.2, 0.25) is 5.02 Å². The van der Waals surface area contributed by atoms with Crippen molar-refractivity contribution in [3.05, 3.63) is 28.8 Å². The van der Waals surface area contributed by atoms with E-state index in [0.717, 1.165) is 37.7 Å². The van der Waals surface area contributed by atoms with Crippen LogP contribution in [0.5, 0.6) is 0 Å². The number of rotatable bonds is 4. The third-order valence-electron chi connectivity index (χ3n) is 4.21. The van der Waals surface area contributed by atoms with Gasteiger partial charge in [0, 0.05) is 6.04 Å². The van der Waals surface area contributed by atoms with Gasteiger partial charge in [-0.05, 0) is 43.7 Å². The molecular formula is C16H21ClF3N. The average molecular weight is 320 g/mol. The van der Waals surface area contributed by atoms with E-state index < -0.39 is 11.7 Å². The van der Waals surface area contributed by atoms with Crippen LogP contribution in [0, 0.1) is 5.92 Å². The summed E-state index contributed by atoms with van der Waals surface area (Å²) in [5.41, 5.74) is -0.642. The van der Waals surface area contributed by atoms with Crippen molar-refractivity contribution in [2.75, 3.05) is 5.32 Å². The summed E-state index contributed by atoms with van der Waals surface area (Å²) >= 11 is 5.97. The third kappa shape index (κ3) is 4.29. The second kappa shape index (κ2) is 6.91. The maximum Gasteiger partial charge on any atom is 0.418 e. The van der Waals surface area contributed by atoms with E-state index in [1.807, 2.05) is 0 Å². The van der Waals surface area contributed by atoms with Gasteiger partial charge in [-0.1, -0.05) is 37.4 Å². The largest absolute Gasteiger partial charge is 0.418 e. The summed E-state index contributed by atoms with van der Waals surface area (Å²) in [6.45, 7) is 2.17. The fourth-order valence-corrected chi connectivity index (χ4v) is 3.34. The first kappa shape index (κ1) is 16.5. The van der Waals surface area contributed by atoms with Crippen LogP contribution in [-0.4, -0.2) is 6.04 Å². The van der Waals surface area contributed by atoms with Crippen LogP contribution in [0.15, 0.2) is 18.2 Å². The first-order chi connectivity index (χ1) is 9.91. The van der Waals surface area contributed by atoms with Crippen LogP contribution in [0.1, 0.15) is 51.0 Å². The fourth-order valence-electron chi connectivity index (χ4n) is 3.11. The van der Waals surface area contributed by atoms with Gasteiger partial charge in [0.1, 0.15) is 0 Å². The quantitative estimate of drug-likeness (QED) is 0.704. The predicted molar refractivity (Wildman–Crippen MR) is 80.7 cm³/mol. The van der Waals surface area contributed by atoms with E-state index in [4.69, 9.17) is 11.6 Å². The summed E-state index contributed by atoms with van der Waals surface area (Å²) in [5, 5.41) is 3.17. The van der Waals surface area contributed by atoms with Crippen LogP contribution in [0.4, 0.5) is 18.9 Å². The molecule has 1 aliphatic rings. The number of para-hydroxylation sites is 1. The van der Waals surface area contributed by atoms with E-state index in [0.29, 0.717) is 0 Å². The molecule has 0 spiro atoms. The lowest BCUT2D eigenvalue weighted by molar-refractivity contribution is -0.137. The third-order valence-corrected chi connectivity index (χ3v) is 4.53. The minimum atomic E-state index is -4.38. The number of hydrogen-bond acceptors (Lipinski definition) is 1. The molecule has 0 atom stereocenters. The molecule has 0 aliphatic heterocycles. The molecule has 1 aromatic carbocycles. The summed E-state index contributed by atoms with van der Waals surface area (Å²) in [5.74, 6) is 0.724. The molecule has 1 nitrogen and oxygen atoms in total. The molecule has 0 heterocycles. The van der Waals surface area contributed by atoms with Crippen molar-refractivity contribution in [3.8, 4) is 0 Å². The first-order valence-electron chi connectivity index (χ1n) is 7.54. The van der Waals surface area contributed by atoms with E-state index in [-0.39, 0.29) is 16.8 Å². The van der Waals surface area contributed by atoms with Crippen molar-refractivity contribution < 1.29 is 13.2 Å². The van der Waals surface area contributed by atoms with Crippen molar-refractivity contribution >= 4 is 17.3 Å². The SMILES string of the molecule is CCCC1CCC(Nc2c(Cl)cccc2C(F)(F)F)CC1. The standard InChI is InChI=1S/C16H21ClF3N/c1-2-4-11-7-9-12(10-8-11)21-15-13(16(18,19)20)5-3-6-14(15)17/h3,5-6,11-12,21H,2,4,7-10H2,1H3. The summed E-state index contributed by atoms with van der Waals surface area (Å²) in [6, 6.07) is 4.01. The number of hydrogen-bond donors (Lipinski definition) is 1. The van der Waals surface area contributed by atoms with Crippen molar-refractivity contribution in [3.63, 3.8) is 0 Å². The average Bonchev–Trinajstić information content (AvgIpc) is 2.42. The molecule has 2 rings (SSSR count). The number of nitrogens with one attached hydrogen (secondary N) is 1. The van der Waals surface area contributed by atoms with E-state index in [9.17, 15) is 13.2 Å². The lowest BCUT2D eigenvalue weighted by Crippen LogP contribution is -2.27. The van der Waals surface area contributed by atoms with Gasteiger partial charge in [0.2, 0.25) is 0 Å². The highest BCUT2D eigenvalue weighted by Gasteiger charge is 2.35. The zero-order chi connectivity index (χ0) is 15.5. The van der Waals surface area contributed by atoms with Crippen molar-refractivity contribution in [2.45, 2.75) is 57.7 Å². The minimum absolute atomic E-state index is 0.0330. The Morgan fingerprint density at radius 3 is 2.43 bits per heavy atom. The van der Waals surface area contributed by atoms with Gasteiger partial charge in [0.25, 0.3) is 0 Å². The smallest absolute Gasteiger partial charge is 0.381 e. The van der Waals surface area contributed by atoms with Gasteiger partial charge in [-0.15, -0.1) is 0 Å². The minimum Gasteiger partial charge on any atom is -0.381 e. The lowest BCUT2D eigenvalue weighted by atomic mass is 9.83. The fraction of sp³-hybridized carbons (Fsp3) is 0.625. The molecule has 1 fully saturated rings. The van der Waals surface area contributed by atoms with Crippen molar-refractivity contribution in [1.82, 2.24) is 0 Å². The zero-order valence-electron chi connectivity index (χ0n) is 12.1. The molecular weight excluding hydrogens is 299 g/mol. The number of halogens is 4. The molecule has 0 amide bonds. The Kier molecular flexibility index (Phi) is 5.42. The molecule has 1 saturated carbocycles. The maximum atomic E-state index is 13.0. The maximum absolute atomic E-state index is 13.0. The molecule has 0 aromatic heterocycles. The zero-order valence-corrected chi connectivity index (χ0v) is 12.9. The van der Waals surface area contributed by atoms with E-state index in [2.05, 4.69) is 12.2 Å². The number of benzene rings is 1. The summed E-state index contributed by atoms with van der Waals surface area (Å²) < 4.78 is 39.1. The second-order valence-electron chi connectivity index (χ2n) is 5.81. The Balaban J connectivity index is 2.07. The Morgan fingerprint density at radius 2 is 1.86 bits per heavy atom. The normalized spacial score (nSPS) is 23.1. The van der Waals surface area contributed by atoms with Gasteiger partial charge in [-0.3, -0.25) is 0 Å². The van der Waals surface area contributed by atoms with Gasteiger partial charge >= 0.3 is 6.18 Å². The van der Waals surface area contributed by atoms with Crippen LogP contribution in [0.25, 0.3) is 0 Å². The van der Waals surface area contributed by atoms with Gasteiger partial charge < -0.3 is 5.32 Å². The van der Waals surface area contributed by atoms with E-state index in [1.54, 1.807) is 0 Å². The summed E-state index contributed by atoms with van der Waals surface area (Å²) in [4.78, 5) is 0. The second-order valence-corrected chi connectivity index (χ2v) is 6.22. The highest BCUT2D eigenvalue weighted by molar-refractivity contribution is 6.33. The summed E-state index contributed by atoms with van der Waals surface area (Å²) in [7, 11) is 0. The molecule has 1 aromatic rings. The number of anilines is 1. The molecule has 21 heavy (non-hydrogen) atoms. The number of alkyl halides is 3. The van der Waals surface area contributed by atoms with Gasteiger partial charge in [-0.2, -0.15) is 13.2 Å². The van der Waals surface area contributed by atoms with Gasteiger partial charge in [-0.25, -0.2) is 0 Å². The molecule has 0 radical (unpaired) electrons. The lowest BCUT2D eigenvalue weighted by Gasteiger charge is -2.30. The molecule has 1 aliphatic carbocycles. The first-order valence-corrected chi connectivity index (χ1v) is 7.91. The van der Waals surface area contributed by atoms with E-state index in [1.165, 1.54) is 25.0 Å². The van der Waals surface area contributed by atoms with Crippen molar-refractivity contribution in [1.29, 1.82) is 0 Å². The van der Waals surface area contributed by atoms with Gasteiger partial charge in [0.15, 0.2) is 0 Å². The Labute approximate surface area is 128 Å². The van der Waals surface area contributed by atoms with Crippen LogP contribution in [0.3, 0.4) is 0 Å². The Morgan fingerprint density at radius 1 is 1.19 bits per heavy atom. The van der Waals surface area contributed by atoms with E-state index >= 15 is 0 Å². The molecule has 1 N–H and O–H groups in total. The van der Waals surface area contributed by atoms with Crippen molar-refractivity contribution in [2.24, 2.45) is 5.92 Å². The van der Waals surface area contributed by atoms with Gasteiger partial charge in [0.05, 0.1) is 16.3 Å². The van der Waals surface area contributed by atoms with Crippen LogP contribution < -0.4 is 5.32 Å². The highest BCUT2D eigenvalue weighted by atomic mass is 35.5. The topological polar surface area (TPSA) is 12.0 Å². The molecule has 5 heteroatoms. The Bertz CT molecular complexity index is 465. The highest BCUT2D eigenvalue weighted by Crippen LogP contribution is 2.40. The molecule has 0 bridgehead atoms. The molecule has 0 unspecified atom stereocenters. The predicted octanol–water partition coefficient (Wildman–Crippen LogP) is 6.13. The van der Waals surface area contributed by atoms with Crippen LogP contribution in [-0.2, 0) is 6.18 Å². The summed E-state index contributed by atoms with van der Waals surface area (Å²) in [6.07, 6.45) is 1.99.